The first-order valence-corrected chi connectivity index (χ1v) is 6.68. The van der Waals surface area contributed by atoms with Crippen molar-refractivity contribution in [2.24, 2.45) is 0 Å². The molecule has 1 N–H and O–H groups in total. The van der Waals surface area contributed by atoms with Crippen LogP contribution in [0.4, 0.5) is 5.69 Å². The van der Waals surface area contributed by atoms with Gasteiger partial charge in [0.25, 0.3) is 0 Å². The number of pyridine rings is 1. The number of aromatic nitrogens is 2. The lowest BCUT2D eigenvalue weighted by Gasteiger charge is -2.07. The van der Waals surface area contributed by atoms with Crippen LogP contribution in [0.5, 0.6) is 0 Å². The van der Waals surface area contributed by atoms with E-state index in [1.807, 2.05) is 31.5 Å². The van der Waals surface area contributed by atoms with Crippen molar-refractivity contribution in [2.45, 2.75) is 13.5 Å². The van der Waals surface area contributed by atoms with E-state index in [4.69, 9.17) is 0 Å². The van der Waals surface area contributed by atoms with Gasteiger partial charge in [0, 0.05) is 39.9 Å². The molecule has 2 heterocycles. The van der Waals surface area contributed by atoms with Gasteiger partial charge in [0.2, 0.25) is 0 Å². The summed E-state index contributed by atoms with van der Waals surface area (Å²) >= 11 is 1.69. The number of benzene rings is 1. The second kappa shape index (κ2) is 4.74. The van der Waals surface area contributed by atoms with Gasteiger partial charge in [-0.05, 0) is 19.1 Å². The second-order valence-electron chi connectivity index (χ2n) is 4.14. The van der Waals surface area contributed by atoms with Gasteiger partial charge in [-0.25, -0.2) is 4.98 Å². The molecular weight excluding hydrogens is 242 g/mol. The Bertz CT molecular complexity index is 670. The maximum Gasteiger partial charge on any atom is 0.112 e. The predicted molar refractivity (Wildman–Crippen MR) is 75.9 cm³/mol. The number of nitrogens with one attached hydrogen (secondary N) is 1. The van der Waals surface area contributed by atoms with E-state index in [1.54, 1.807) is 11.3 Å². The van der Waals surface area contributed by atoms with Crippen LogP contribution in [-0.4, -0.2) is 9.97 Å². The van der Waals surface area contributed by atoms with Gasteiger partial charge >= 0.3 is 0 Å². The molecule has 1 aromatic carbocycles. The number of hydrogen-bond acceptors (Lipinski definition) is 4. The number of aryl methyl sites for hydroxylation is 1. The zero-order chi connectivity index (χ0) is 12.4. The van der Waals surface area contributed by atoms with Crippen LogP contribution in [0.2, 0.25) is 0 Å². The molecule has 3 nitrogen and oxygen atoms in total. The van der Waals surface area contributed by atoms with Crippen molar-refractivity contribution in [1.29, 1.82) is 0 Å². The first-order valence-electron chi connectivity index (χ1n) is 5.80. The van der Waals surface area contributed by atoms with Crippen molar-refractivity contribution in [3.63, 3.8) is 0 Å². The van der Waals surface area contributed by atoms with E-state index in [1.165, 1.54) is 5.39 Å². The molecule has 0 bridgehead atoms. The maximum absolute atomic E-state index is 4.45. The van der Waals surface area contributed by atoms with E-state index in [-0.39, 0.29) is 0 Å². The first kappa shape index (κ1) is 11.2. The standard InChI is InChI=1S/C14H13N3S/c1-10-9-18-14(17-10)8-16-13-4-2-3-11-7-15-6-5-12(11)13/h2-7,9,16H,8H2,1H3. The van der Waals surface area contributed by atoms with E-state index < -0.39 is 0 Å². The minimum absolute atomic E-state index is 0.764. The summed E-state index contributed by atoms with van der Waals surface area (Å²) in [6, 6.07) is 8.23. The molecule has 0 amide bonds. The summed E-state index contributed by atoms with van der Waals surface area (Å²) in [5.74, 6) is 0. The zero-order valence-electron chi connectivity index (χ0n) is 10.1. The topological polar surface area (TPSA) is 37.8 Å². The van der Waals surface area contributed by atoms with E-state index in [9.17, 15) is 0 Å². The Hall–Kier alpha value is -1.94. The molecule has 0 unspecified atom stereocenters. The molecule has 90 valence electrons. The fourth-order valence-corrected chi connectivity index (χ4v) is 2.64. The number of hydrogen-bond donors (Lipinski definition) is 1. The molecule has 2 aromatic heterocycles. The van der Waals surface area contributed by atoms with Gasteiger partial charge < -0.3 is 5.32 Å². The summed E-state index contributed by atoms with van der Waals surface area (Å²) in [5, 5.41) is 8.97. The van der Waals surface area contributed by atoms with Crippen LogP contribution in [0.1, 0.15) is 10.7 Å². The van der Waals surface area contributed by atoms with E-state index in [0.29, 0.717) is 0 Å². The molecule has 0 spiro atoms. The maximum atomic E-state index is 4.45. The highest BCUT2D eigenvalue weighted by atomic mass is 32.1. The molecule has 0 aliphatic heterocycles. The molecule has 0 atom stereocenters. The summed E-state index contributed by atoms with van der Waals surface area (Å²) in [4.78, 5) is 8.59. The Kier molecular flexibility index (Phi) is 2.94. The summed E-state index contributed by atoms with van der Waals surface area (Å²) in [7, 11) is 0. The smallest absolute Gasteiger partial charge is 0.112 e. The SMILES string of the molecule is Cc1csc(CNc2cccc3cnccc23)n1. The Morgan fingerprint density at radius 1 is 1.28 bits per heavy atom. The number of thiazole rings is 1. The van der Waals surface area contributed by atoms with Crippen molar-refractivity contribution in [3.8, 4) is 0 Å². The van der Waals surface area contributed by atoms with Crippen LogP contribution < -0.4 is 5.32 Å². The van der Waals surface area contributed by atoms with Gasteiger partial charge in [-0.2, -0.15) is 0 Å². The van der Waals surface area contributed by atoms with Crippen molar-refractivity contribution in [3.05, 3.63) is 52.7 Å². The quantitative estimate of drug-likeness (QED) is 0.777. The molecule has 3 rings (SSSR count). The molecule has 0 aliphatic carbocycles. The van der Waals surface area contributed by atoms with Gasteiger partial charge in [-0.1, -0.05) is 12.1 Å². The molecule has 0 saturated carbocycles. The van der Waals surface area contributed by atoms with Gasteiger partial charge in [-0.15, -0.1) is 11.3 Å². The highest BCUT2D eigenvalue weighted by Crippen LogP contribution is 2.23. The van der Waals surface area contributed by atoms with Crippen LogP contribution in [0.15, 0.2) is 42.0 Å². The normalized spacial score (nSPS) is 10.7. The Morgan fingerprint density at radius 2 is 2.22 bits per heavy atom. The predicted octanol–water partition coefficient (Wildman–Crippen LogP) is 3.61. The second-order valence-corrected chi connectivity index (χ2v) is 5.08. The summed E-state index contributed by atoms with van der Waals surface area (Å²) in [5.41, 5.74) is 2.21. The Balaban J connectivity index is 1.86. The van der Waals surface area contributed by atoms with Crippen LogP contribution in [0.3, 0.4) is 0 Å². The average Bonchev–Trinajstić information content (AvgIpc) is 2.82. The van der Waals surface area contributed by atoms with Gasteiger partial charge in [0.1, 0.15) is 5.01 Å². The van der Waals surface area contributed by atoms with Crippen molar-refractivity contribution < 1.29 is 0 Å². The van der Waals surface area contributed by atoms with Crippen molar-refractivity contribution in [1.82, 2.24) is 9.97 Å². The Morgan fingerprint density at radius 3 is 3.06 bits per heavy atom. The third-order valence-corrected chi connectivity index (χ3v) is 3.74. The molecule has 0 radical (unpaired) electrons. The monoisotopic (exact) mass is 255 g/mol. The highest BCUT2D eigenvalue weighted by Gasteiger charge is 2.02. The highest BCUT2D eigenvalue weighted by molar-refractivity contribution is 7.09. The lowest BCUT2D eigenvalue weighted by atomic mass is 10.1. The molecule has 0 aliphatic rings. The van der Waals surface area contributed by atoms with Gasteiger partial charge in [-0.3, -0.25) is 4.98 Å². The third-order valence-electron chi connectivity index (χ3n) is 2.78. The first-order chi connectivity index (χ1) is 8.83. The third kappa shape index (κ3) is 2.19. The fraction of sp³-hybridized carbons (Fsp3) is 0.143. The summed E-state index contributed by atoms with van der Waals surface area (Å²) in [6.45, 7) is 2.78. The van der Waals surface area contributed by atoms with E-state index in [0.717, 1.165) is 28.3 Å². The zero-order valence-corrected chi connectivity index (χ0v) is 10.9. The molecular formula is C14H13N3S. The molecule has 3 aromatic rings. The minimum Gasteiger partial charge on any atom is -0.378 e. The number of rotatable bonds is 3. The van der Waals surface area contributed by atoms with Crippen LogP contribution in [0, 0.1) is 6.92 Å². The average molecular weight is 255 g/mol. The Labute approximate surface area is 110 Å². The van der Waals surface area contributed by atoms with Crippen LogP contribution in [0.25, 0.3) is 10.8 Å². The van der Waals surface area contributed by atoms with E-state index in [2.05, 4.69) is 32.8 Å². The van der Waals surface area contributed by atoms with Gasteiger partial charge in [0.15, 0.2) is 0 Å². The molecule has 0 fully saturated rings. The number of nitrogens with zero attached hydrogens (tertiary/aromatic N) is 2. The van der Waals surface area contributed by atoms with Crippen molar-refractivity contribution in [2.75, 3.05) is 5.32 Å². The lowest BCUT2D eigenvalue weighted by molar-refractivity contribution is 1.08. The lowest BCUT2D eigenvalue weighted by Crippen LogP contribution is -1.99. The largest absolute Gasteiger partial charge is 0.378 e. The van der Waals surface area contributed by atoms with Crippen LogP contribution in [-0.2, 0) is 6.54 Å². The minimum atomic E-state index is 0.764. The van der Waals surface area contributed by atoms with Crippen LogP contribution >= 0.6 is 11.3 Å². The number of anilines is 1. The molecule has 0 saturated heterocycles. The number of fused-ring (bicyclic) bond motifs is 1. The van der Waals surface area contributed by atoms with Gasteiger partial charge in [0.05, 0.1) is 6.54 Å². The summed E-state index contributed by atoms with van der Waals surface area (Å²) in [6.07, 6.45) is 3.70. The molecule has 4 heteroatoms. The molecule has 18 heavy (non-hydrogen) atoms. The summed E-state index contributed by atoms with van der Waals surface area (Å²) < 4.78 is 0. The van der Waals surface area contributed by atoms with Crippen molar-refractivity contribution >= 4 is 27.8 Å². The fourth-order valence-electron chi connectivity index (χ4n) is 1.93. The van der Waals surface area contributed by atoms with E-state index >= 15 is 0 Å².